The highest BCUT2D eigenvalue weighted by molar-refractivity contribution is 7.89. The van der Waals surface area contributed by atoms with Crippen molar-refractivity contribution in [1.29, 1.82) is 0 Å². The van der Waals surface area contributed by atoms with E-state index in [4.69, 9.17) is 4.74 Å². The molecule has 1 aromatic carbocycles. The zero-order valence-corrected chi connectivity index (χ0v) is 15.7. The van der Waals surface area contributed by atoms with Crippen molar-refractivity contribution in [2.45, 2.75) is 43.6 Å². The van der Waals surface area contributed by atoms with Gasteiger partial charge >= 0.3 is 0 Å². The third kappa shape index (κ3) is 3.88. The predicted molar refractivity (Wildman–Crippen MR) is 94.8 cm³/mol. The lowest BCUT2D eigenvalue weighted by atomic mass is 10.0. The first-order valence-corrected chi connectivity index (χ1v) is 10.3. The summed E-state index contributed by atoms with van der Waals surface area (Å²) in [5, 5.41) is 0. The van der Waals surface area contributed by atoms with E-state index in [-0.39, 0.29) is 12.0 Å². The third-order valence-corrected chi connectivity index (χ3v) is 6.85. The Bertz CT molecular complexity index is 701. The fourth-order valence-corrected chi connectivity index (χ4v) is 4.72. The lowest BCUT2D eigenvalue weighted by molar-refractivity contribution is -0.142. The van der Waals surface area contributed by atoms with Crippen molar-refractivity contribution in [1.82, 2.24) is 9.21 Å². The summed E-state index contributed by atoms with van der Waals surface area (Å²) in [5.41, 5.74) is 1.12. The van der Waals surface area contributed by atoms with Crippen LogP contribution in [0.3, 0.4) is 0 Å². The highest BCUT2D eigenvalue weighted by Gasteiger charge is 2.33. The number of carbonyl (C=O) groups excluding carboxylic acids is 1. The van der Waals surface area contributed by atoms with Gasteiger partial charge in [0.1, 0.15) is 6.10 Å². The van der Waals surface area contributed by atoms with Crippen LogP contribution in [-0.4, -0.2) is 62.4 Å². The summed E-state index contributed by atoms with van der Waals surface area (Å²) in [6.45, 7) is 6.28. The Morgan fingerprint density at radius 2 is 1.76 bits per heavy atom. The molecule has 0 saturated carbocycles. The van der Waals surface area contributed by atoms with Gasteiger partial charge in [0.2, 0.25) is 10.0 Å². The number of hydrogen-bond acceptors (Lipinski definition) is 4. The van der Waals surface area contributed by atoms with Gasteiger partial charge in [0.05, 0.1) is 4.90 Å². The van der Waals surface area contributed by atoms with E-state index in [1.807, 2.05) is 12.1 Å². The van der Waals surface area contributed by atoms with E-state index in [2.05, 4.69) is 13.8 Å². The largest absolute Gasteiger partial charge is 0.368 e. The van der Waals surface area contributed by atoms with Crippen molar-refractivity contribution in [3.63, 3.8) is 0 Å². The van der Waals surface area contributed by atoms with Crippen LogP contribution in [0.25, 0.3) is 0 Å². The molecule has 6 nitrogen and oxygen atoms in total. The molecule has 0 aromatic heterocycles. The normalized spacial score (nSPS) is 22.5. The van der Waals surface area contributed by atoms with Crippen LogP contribution in [0.2, 0.25) is 0 Å². The number of piperazine rings is 1. The summed E-state index contributed by atoms with van der Waals surface area (Å²) < 4.78 is 32.5. The SMILES string of the molecule is CC(C)c1ccc(S(=O)(=O)N2CCN(C(=O)[C@@H]3CCCO3)CC2)cc1. The molecule has 2 aliphatic heterocycles. The summed E-state index contributed by atoms with van der Waals surface area (Å²) in [4.78, 5) is 14.4. The van der Waals surface area contributed by atoms with Crippen molar-refractivity contribution >= 4 is 15.9 Å². The lowest BCUT2D eigenvalue weighted by Crippen LogP contribution is -2.52. The van der Waals surface area contributed by atoms with Crippen molar-refractivity contribution in [2.75, 3.05) is 32.8 Å². The van der Waals surface area contributed by atoms with Gasteiger partial charge in [-0.2, -0.15) is 4.31 Å². The first-order valence-electron chi connectivity index (χ1n) is 8.90. The number of amides is 1. The maximum Gasteiger partial charge on any atom is 0.251 e. The van der Waals surface area contributed by atoms with Crippen LogP contribution in [0.15, 0.2) is 29.2 Å². The van der Waals surface area contributed by atoms with Gasteiger partial charge in [-0.15, -0.1) is 0 Å². The maximum absolute atomic E-state index is 12.8. The molecule has 0 N–H and O–H groups in total. The van der Waals surface area contributed by atoms with Gasteiger partial charge in [-0.1, -0.05) is 26.0 Å². The first-order chi connectivity index (χ1) is 11.9. The fraction of sp³-hybridized carbons (Fsp3) is 0.611. The van der Waals surface area contributed by atoms with E-state index >= 15 is 0 Å². The van der Waals surface area contributed by atoms with E-state index in [1.54, 1.807) is 17.0 Å². The number of nitrogens with zero attached hydrogens (tertiary/aromatic N) is 2. The summed E-state index contributed by atoms with van der Waals surface area (Å²) in [7, 11) is -3.51. The number of carbonyl (C=O) groups is 1. The van der Waals surface area contributed by atoms with Crippen molar-refractivity contribution in [2.24, 2.45) is 0 Å². The molecule has 138 valence electrons. The van der Waals surface area contributed by atoms with E-state index in [0.717, 1.165) is 18.4 Å². The molecule has 0 bridgehead atoms. The van der Waals surface area contributed by atoms with E-state index in [9.17, 15) is 13.2 Å². The van der Waals surface area contributed by atoms with Crippen LogP contribution in [-0.2, 0) is 19.6 Å². The Kier molecular flexibility index (Phi) is 5.46. The molecular weight excluding hydrogens is 340 g/mol. The topological polar surface area (TPSA) is 66.9 Å². The van der Waals surface area contributed by atoms with Crippen molar-refractivity contribution < 1.29 is 17.9 Å². The third-order valence-electron chi connectivity index (χ3n) is 4.94. The zero-order chi connectivity index (χ0) is 18.0. The standard InChI is InChI=1S/C18H26N2O4S/c1-14(2)15-5-7-16(8-6-15)25(22,23)20-11-9-19(10-12-20)18(21)17-4-3-13-24-17/h5-8,14,17H,3-4,9-13H2,1-2H3/t17-/m0/s1. The lowest BCUT2D eigenvalue weighted by Gasteiger charge is -2.35. The Morgan fingerprint density at radius 3 is 2.28 bits per heavy atom. The van der Waals surface area contributed by atoms with Gasteiger partial charge in [-0.25, -0.2) is 8.42 Å². The van der Waals surface area contributed by atoms with Gasteiger partial charge in [-0.05, 0) is 36.5 Å². The molecule has 1 amide bonds. The molecule has 0 spiro atoms. The molecule has 1 atom stereocenters. The van der Waals surface area contributed by atoms with Crippen LogP contribution in [0.4, 0.5) is 0 Å². The van der Waals surface area contributed by atoms with Gasteiger partial charge in [0.25, 0.3) is 5.91 Å². The molecule has 2 heterocycles. The second-order valence-electron chi connectivity index (χ2n) is 6.95. The summed E-state index contributed by atoms with van der Waals surface area (Å²) in [6.07, 6.45) is 1.34. The molecule has 0 unspecified atom stereocenters. The molecule has 1 aromatic rings. The van der Waals surface area contributed by atoms with Crippen LogP contribution >= 0.6 is 0 Å². The number of rotatable bonds is 4. The van der Waals surface area contributed by atoms with Gasteiger partial charge in [-0.3, -0.25) is 4.79 Å². The smallest absolute Gasteiger partial charge is 0.251 e. The molecule has 2 fully saturated rings. The van der Waals surface area contributed by atoms with Crippen molar-refractivity contribution in [3.8, 4) is 0 Å². The molecule has 0 aliphatic carbocycles. The molecule has 7 heteroatoms. The van der Waals surface area contributed by atoms with Gasteiger partial charge in [0.15, 0.2) is 0 Å². The number of hydrogen-bond donors (Lipinski definition) is 0. The number of benzene rings is 1. The van der Waals surface area contributed by atoms with Crippen molar-refractivity contribution in [3.05, 3.63) is 29.8 Å². The van der Waals surface area contributed by atoms with E-state index < -0.39 is 10.0 Å². The van der Waals surface area contributed by atoms with E-state index in [1.165, 1.54) is 4.31 Å². The zero-order valence-electron chi connectivity index (χ0n) is 14.8. The quantitative estimate of drug-likeness (QED) is 0.815. The predicted octanol–water partition coefficient (Wildman–Crippen LogP) is 1.82. The van der Waals surface area contributed by atoms with E-state index in [0.29, 0.717) is 43.6 Å². The average Bonchev–Trinajstić information content (AvgIpc) is 3.16. The molecule has 0 radical (unpaired) electrons. The highest BCUT2D eigenvalue weighted by atomic mass is 32.2. The van der Waals surface area contributed by atoms with Crippen LogP contribution < -0.4 is 0 Å². The molecule has 25 heavy (non-hydrogen) atoms. The second kappa shape index (κ2) is 7.43. The Balaban J connectivity index is 1.64. The summed E-state index contributed by atoms with van der Waals surface area (Å²) in [5.74, 6) is 0.361. The minimum atomic E-state index is -3.51. The van der Waals surface area contributed by atoms with Gasteiger partial charge < -0.3 is 9.64 Å². The molecule has 3 rings (SSSR count). The molecule has 2 aliphatic rings. The fourth-order valence-electron chi connectivity index (χ4n) is 3.30. The van der Waals surface area contributed by atoms with Crippen LogP contribution in [0.1, 0.15) is 38.2 Å². The number of ether oxygens (including phenoxy) is 1. The molecular formula is C18H26N2O4S. The number of sulfonamides is 1. The summed E-state index contributed by atoms with van der Waals surface area (Å²) >= 11 is 0. The van der Waals surface area contributed by atoms with Crippen LogP contribution in [0.5, 0.6) is 0 Å². The highest BCUT2D eigenvalue weighted by Crippen LogP contribution is 2.22. The maximum atomic E-state index is 12.8. The Morgan fingerprint density at radius 1 is 1.12 bits per heavy atom. The molecule has 2 saturated heterocycles. The Labute approximate surface area is 149 Å². The monoisotopic (exact) mass is 366 g/mol. The second-order valence-corrected chi connectivity index (χ2v) is 8.89. The average molecular weight is 366 g/mol. The van der Waals surface area contributed by atoms with Crippen LogP contribution in [0, 0.1) is 0 Å². The summed E-state index contributed by atoms with van der Waals surface area (Å²) in [6, 6.07) is 7.09. The Hall–Kier alpha value is -1.44. The first kappa shape index (κ1) is 18.4. The van der Waals surface area contributed by atoms with Gasteiger partial charge in [0, 0.05) is 32.8 Å². The minimum Gasteiger partial charge on any atom is -0.368 e. The minimum absolute atomic E-state index is 0.00386.